The molecule has 0 heterocycles. The lowest BCUT2D eigenvalue weighted by atomic mass is 10.2. The fourth-order valence-electron chi connectivity index (χ4n) is 0.735. The van der Waals surface area contributed by atoms with Crippen LogP contribution in [0.3, 0.4) is 0 Å². The Morgan fingerprint density at radius 1 is 1.42 bits per heavy atom. The highest BCUT2D eigenvalue weighted by Gasteiger charge is 2.04. The smallest absolute Gasteiger partial charge is 0.246 e. The molecule has 0 N–H and O–H groups in total. The zero-order valence-corrected chi connectivity index (χ0v) is 7.64. The predicted molar refractivity (Wildman–Crippen MR) is 50.0 cm³/mol. The van der Waals surface area contributed by atoms with Gasteiger partial charge in [-0.2, -0.15) is 0 Å². The van der Waals surface area contributed by atoms with Crippen LogP contribution >= 0.6 is 12.0 Å². The number of benzene rings is 1. The maximum absolute atomic E-state index is 11.2. The maximum Gasteiger partial charge on any atom is 0.246 e. The predicted octanol–water partition coefficient (Wildman–Crippen LogP) is 2.51. The SMILES string of the molecule is CCOSC(=O)c1ccccc1. The van der Waals surface area contributed by atoms with Crippen LogP contribution in [-0.4, -0.2) is 11.7 Å². The molecule has 1 rings (SSSR count). The Morgan fingerprint density at radius 3 is 2.67 bits per heavy atom. The van der Waals surface area contributed by atoms with Crippen molar-refractivity contribution in [1.82, 2.24) is 0 Å². The summed E-state index contributed by atoms with van der Waals surface area (Å²) in [7, 11) is 0. The first kappa shape index (κ1) is 9.29. The van der Waals surface area contributed by atoms with Gasteiger partial charge in [-0.3, -0.25) is 4.79 Å². The molecule has 2 nitrogen and oxygen atoms in total. The summed E-state index contributed by atoms with van der Waals surface area (Å²) >= 11 is 0.891. The van der Waals surface area contributed by atoms with Gasteiger partial charge in [-0.1, -0.05) is 30.3 Å². The van der Waals surface area contributed by atoms with Crippen LogP contribution in [0, 0.1) is 0 Å². The molecule has 0 radical (unpaired) electrons. The third-order valence-electron chi connectivity index (χ3n) is 1.26. The Bertz CT molecular complexity index is 246. The number of hydrogen-bond donors (Lipinski definition) is 0. The molecule has 0 saturated carbocycles. The lowest BCUT2D eigenvalue weighted by Crippen LogP contribution is -1.93. The van der Waals surface area contributed by atoms with E-state index in [1.165, 1.54) is 0 Å². The molecule has 64 valence electrons. The Morgan fingerprint density at radius 2 is 2.08 bits per heavy atom. The molecule has 0 saturated heterocycles. The van der Waals surface area contributed by atoms with Gasteiger partial charge < -0.3 is 4.18 Å². The minimum Gasteiger partial charge on any atom is -0.308 e. The van der Waals surface area contributed by atoms with Crippen molar-refractivity contribution in [2.45, 2.75) is 6.92 Å². The fourth-order valence-corrected chi connectivity index (χ4v) is 1.19. The molecular weight excluding hydrogens is 172 g/mol. The summed E-state index contributed by atoms with van der Waals surface area (Å²) in [4.78, 5) is 11.2. The van der Waals surface area contributed by atoms with Crippen molar-refractivity contribution in [1.29, 1.82) is 0 Å². The highest BCUT2D eigenvalue weighted by molar-refractivity contribution is 8.10. The minimum atomic E-state index is -0.0440. The Labute approximate surface area is 76.1 Å². The number of hydrogen-bond acceptors (Lipinski definition) is 3. The monoisotopic (exact) mass is 182 g/mol. The summed E-state index contributed by atoms with van der Waals surface area (Å²) in [5, 5.41) is -0.0440. The molecule has 1 aromatic carbocycles. The van der Waals surface area contributed by atoms with Crippen LogP contribution in [0.4, 0.5) is 0 Å². The van der Waals surface area contributed by atoms with Gasteiger partial charge in [0.25, 0.3) is 0 Å². The van der Waals surface area contributed by atoms with E-state index in [-0.39, 0.29) is 5.12 Å². The van der Waals surface area contributed by atoms with E-state index in [4.69, 9.17) is 4.18 Å². The van der Waals surface area contributed by atoms with E-state index in [0.29, 0.717) is 12.2 Å². The van der Waals surface area contributed by atoms with Gasteiger partial charge in [-0.05, 0) is 6.92 Å². The lowest BCUT2D eigenvalue weighted by molar-refractivity contribution is 0.107. The fraction of sp³-hybridized carbons (Fsp3) is 0.222. The number of carbonyl (C=O) groups excluding carboxylic acids is 1. The highest BCUT2D eigenvalue weighted by Crippen LogP contribution is 2.12. The standard InChI is InChI=1S/C9H10O2S/c1-2-11-12-9(10)8-6-4-3-5-7-8/h3-7H,2H2,1H3. The third-order valence-corrected chi connectivity index (χ3v) is 2.00. The van der Waals surface area contributed by atoms with Crippen molar-refractivity contribution < 1.29 is 8.98 Å². The average molecular weight is 182 g/mol. The molecule has 0 unspecified atom stereocenters. The molecular formula is C9H10O2S. The first-order valence-corrected chi connectivity index (χ1v) is 4.47. The molecule has 3 heteroatoms. The summed E-state index contributed by atoms with van der Waals surface area (Å²) in [5.74, 6) is 0. The molecule has 0 aliphatic rings. The molecule has 0 bridgehead atoms. The molecule has 0 aromatic heterocycles. The van der Waals surface area contributed by atoms with E-state index in [9.17, 15) is 4.79 Å². The number of rotatable bonds is 3. The van der Waals surface area contributed by atoms with Crippen LogP contribution in [0.15, 0.2) is 30.3 Å². The molecule has 0 amide bonds. The number of carbonyl (C=O) groups is 1. The quantitative estimate of drug-likeness (QED) is 0.672. The van der Waals surface area contributed by atoms with E-state index < -0.39 is 0 Å². The second kappa shape index (κ2) is 4.95. The van der Waals surface area contributed by atoms with Crippen molar-refractivity contribution in [3.8, 4) is 0 Å². The molecule has 0 aliphatic carbocycles. The van der Waals surface area contributed by atoms with Gasteiger partial charge in [0, 0.05) is 5.56 Å². The van der Waals surface area contributed by atoms with Crippen molar-refractivity contribution in [2.24, 2.45) is 0 Å². The van der Waals surface area contributed by atoms with E-state index >= 15 is 0 Å². The third kappa shape index (κ3) is 2.68. The van der Waals surface area contributed by atoms with Gasteiger partial charge in [-0.15, -0.1) is 0 Å². The van der Waals surface area contributed by atoms with Crippen LogP contribution in [0.2, 0.25) is 0 Å². The first-order valence-electron chi connectivity index (χ1n) is 3.73. The van der Waals surface area contributed by atoms with Crippen LogP contribution in [-0.2, 0) is 4.18 Å². The van der Waals surface area contributed by atoms with Crippen molar-refractivity contribution in [3.63, 3.8) is 0 Å². The van der Waals surface area contributed by atoms with Crippen LogP contribution in [0.25, 0.3) is 0 Å². The summed E-state index contributed by atoms with van der Waals surface area (Å²) in [5.41, 5.74) is 0.677. The largest absolute Gasteiger partial charge is 0.308 e. The van der Waals surface area contributed by atoms with Crippen LogP contribution in [0.1, 0.15) is 17.3 Å². The molecule has 0 atom stereocenters. The Balaban J connectivity index is 2.54. The average Bonchev–Trinajstić information content (AvgIpc) is 2.15. The normalized spacial score (nSPS) is 9.75. The zero-order chi connectivity index (χ0) is 8.81. The molecule has 1 aromatic rings. The molecule has 0 fully saturated rings. The van der Waals surface area contributed by atoms with Crippen molar-refractivity contribution in [3.05, 3.63) is 35.9 Å². The summed E-state index contributed by atoms with van der Waals surface area (Å²) < 4.78 is 4.92. The van der Waals surface area contributed by atoms with E-state index in [1.807, 2.05) is 25.1 Å². The summed E-state index contributed by atoms with van der Waals surface area (Å²) in [6, 6.07) is 9.09. The maximum atomic E-state index is 11.2. The highest BCUT2D eigenvalue weighted by atomic mass is 32.2. The zero-order valence-electron chi connectivity index (χ0n) is 6.82. The van der Waals surface area contributed by atoms with E-state index in [1.54, 1.807) is 12.1 Å². The second-order valence-electron chi connectivity index (χ2n) is 2.14. The molecule has 0 aliphatic heterocycles. The van der Waals surface area contributed by atoms with E-state index in [0.717, 1.165) is 12.0 Å². The topological polar surface area (TPSA) is 26.3 Å². The molecule has 12 heavy (non-hydrogen) atoms. The van der Waals surface area contributed by atoms with E-state index in [2.05, 4.69) is 0 Å². The van der Waals surface area contributed by atoms with Gasteiger partial charge in [0.2, 0.25) is 5.12 Å². The summed E-state index contributed by atoms with van der Waals surface area (Å²) in [6.45, 7) is 2.40. The van der Waals surface area contributed by atoms with Crippen molar-refractivity contribution >= 4 is 17.2 Å². The minimum absolute atomic E-state index is 0.0440. The van der Waals surface area contributed by atoms with Gasteiger partial charge in [0.1, 0.15) is 0 Å². The van der Waals surface area contributed by atoms with Crippen molar-refractivity contribution in [2.75, 3.05) is 6.61 Å². The van der Waals surface area contributed by atoms with Gasteiger partial charge in [0.15, 0.2) is 0 Å². The Kier molecular flexibility index (Phi) is 3.84. The second-order valence-corrected chi connectivity index (χ2v) is 2.92. The van der Waals surface area contributed by atoms with Crippen LogP contribution in [0.5, 0.6) is 0 Å². The van der Waals surface area contributed by atoms with Gasteiger partial charge in [-0.25, -0.2) is 0 Å². The Hall–Kier alpha value is -0.800. The lowest BCUT2D eigenvalue weighted by Gasteiger charge is -1.97. The van der Waals surface area contributed by atoms with Gasteiger partial charge >= 0.3 is 0 Å². The first-order chi connectivity index (χ1) is 5.84. The van der Waals surface area contributed by atoms with Crippen LogP contribution < -0.4 is 0 Å². The van der Waals surface area contributed by atoms with Gasteiger partial charge in [0.05, 0.1) is 18.6 Å². The summed E-state index contributed by atoms with van der Waals surface area (Å²) in [6.07, 6.45) is 0. The molecule has 0 spiro atoms.